The molecule has 2 bridgehead atoms. The number of fused-ring (bicyclic) bond motifs is 5. The van der Waals surface area contributed by atoms with Crippen molar-refractivity contribution in [2.45, 2.75) is 18.6 Å². The number of hydrogen-bond acceptors (Lipinski definition) is 1. The molecule has 0 amide bonds. The van der Waals surface area contributed by atoms with Crippen molar-refractivity contribution in [3.63, 3.8) is 0 Å². The molecule has 1 unspecified atom stereocenters. The Morgan fingerprint density at radius 2 is 1.75 bits per heavy atom. The third-order valence-electron chi connectivity index (χ3n) is 4.04. The summed E-state index contributed by atoms with van der Waals surface area (Å²) in [6.45, 7) is 0. The molecular formula is C18H13BrO. The van der Waals surface area contributed by atoms with Gasteiger partial charge in [0.2, 0.25) is 0 Å². The first-order chi connectivity index (χ1) is 9.81. The van der Waals surface area contributed by atoms with Gasteiger partial charge in [-0.1, -0.05) is 52.0 Å². The molecule has 2 heteroatoms. The Balaban J connectivity index is 1.60. The summed E-state index contributed by atoms with van der Waals surface area (Å²) in [4.78, 5) is 0. The molecule has 20 heavy (non-hydrogen) atoms. The van der Waals surface area contributed by atoms with Crippen molar-refractivity contribution in [1.82, 2.24) is 0 Å². The van der Waals surface area contributed by atoms with Gasteiger partial charge in [0.25, 0.3) is 0 Å². The SMILES string of the molecule is Brc1ccc(C#CC2C[C@H]3O[C@@H]2c2ccccc23)cc1. The molecule has 98 valence electrons. The Morgan fingerprint density at radius 3 is 2.55 bits per heavy atom. The third-order valence-corrected chi connectivity index (χ3v) is 4.57. The smallest absolute Gasteiger partial charge is 0.0975 e. The van der Waals surface area contributed by atoms with Crippen LogP contribution in [0.25, 0.3) is 0 Å². The van der Waals surface area contributed by atoms with Crippen molar-refractivity contribution in [3.8, 4) is 11.8 Å². The first-order valence-corrected chi connectivity index (χ1v) is 7.62. The number of rotatable bonds is 0. The molecule has 0 spiro atoms. The van der Waals surface area contributed by atoms with Crippen LogP contribution in [0.1, 0.15) is 35.3 Å². The first-order valence-electron chi connectivity index (χ1n) is 6.82. The van der Waals surface area contributed by atoms with E-state index in [1.54, 1.807) is 0 Å². The Bertz CT molecular complexity index is 708. The average molecular weight is 325 g/mol. The van der Waals surface area contributed by atoms with Crippen LogP contribution in [0.15, 0.2) is 53.0 Å². The summed E-state index contributed by atoms with van der Waals surface area (Å²) in [6.07, 6.45) is 1.44. The number of ether oxygens (including phenoxy) is 1. The van der Waals surface area contributed by atoms with Crippen molar-refractivity contribution in [3.05, 3.63) is 69.7 Å². The molecule has 0 aromatic heterocycles. The van der Waals surface area contributed by atoms with Crippen LogP contribution >= 0.6 is 15.9 Å². The molecule has 2 aromatic rings. The highest BCUT2D eigenvalue weighted by Gasteiger charge is 2.44. The molecular weight excluding hydrogens is 312 g/mol. The van der Waals surface area contributed by atoms with E-state index in [2.05, 4.69) is 52.0 Å². The molecule has 0 saturated carbocycles. The van der Waals surface area contributed by atoms with Crippen molar-refractivity contribution in [1.29, 1.82) is 0 Å². The predicted octanol–water partition coefficient (Wildman–Crippen LogP) is 4.63. The van der Waals surface area contributed by atoms with E-state index in [0.29, 0.717) is 5.92 Å². The highest BCUT2D eigenvalue weighted by Crippen LogP contribution is 2.53. The molecule has 3 atom stereocenters. The van der Waals surface area contributed by atoms with Gasteiger partial charge in [0, 0.05) is 10.0 Å². The summed E-state index contributed by atoms with van der Waals surface area (Å²) in [5.74, 6) is 7.00. The monoisotopic (exact) mass is 324 g/mol. The van der Waals surface area contributed by atoms with Gasteiger partial charge in [0.1, 0.15) is 0 Å². The highest BCUT2D eigenvalue weighted by molar-refractivity contribution is 9.10. The molecule has 2 aliphatic rings. The number of hydrogen-bond donors (Lipinski definition) is 0. The quantitative estimate of drug-likeness (QED) is 0.642. The molecule has 1 fully saturated rings. The van der Waals surface area contributed by atoms with Crippen LogP contribution in [0, 0.1) is 17.8 Å². The van der Waals surface area contributed by atoms with Crippen molar-refractivity contribution >= 4 is 15.9 Å². The molecule has 2 aliphatic heterocycles. The Hall–Kier alpha value is -1.56. The fourth-order valence-corrected chi connectivity index (χ4v) is 3.34. The average Bonchev–Trinajstić information content (AvgIpc) is 3.06. The van der Waals surface area contributed by atoms with E-state index in [1.165, 1.54) is 11.1 Å². The summed E-state index contributed by atoms with van der Waals surface area (Å²) in [5.41, 5.74) is 3.75. The van der Waals surface area contributed by atoms with Crippen LogP contribution in [0.3, 0.4) is 0 Å². The van der Waals surface area contributed by atoms with Gasteiger partial charge in [0.15, 0.2) is 0 Å². The van der Waals surface area contributed by atoms with Crippen LogP contribution in [0.5, 0.6) is 0 Å². The molecule has 1 nitrogen and oxygen atoms in total. The van der Waals surface area contributed by atoms with Crippen LogP contribution in [0.4, 0.5) is 0 Å². The second-order valence-corrected chi connectivity index (χ2v) is 6.21. The van der Waals surface area contributed by atoms with Gasteiger partial charge in [-0.15, -0.1) is 0 Å². The molecule has 4 rings (SSSR count). The summed E-state index contributed by atoms with van der Waals surface area (Å²) in [7, 11) is 0. The van der Waals surface area contributed by atoms with E-state index in [-0.39, 0.29) is 12.2 Å². The zero-order valence-corrected chi connectivity index (χ0v) is 12.4. The van der Waals surface area contributed by atoms with Crippen molar-refractivity contribution in [2.75, 3.05) is 0 Å². The molecule has 2 aromatic carbocycles. The molecule has 0 aliphatic carbocycles. The Kier molecular flexibility index (Phi) is 2.91. The van der Waals surface area contributed by atoms with Crippen molar-refractivity contribution in [2.24, 2.45) is 5.92 Å². The lowest BCUT2D eigenvalue weighted by molar-refractivity contribution is 0.0657. The summed E-state index contributed by atoms with van der Waals surface area (Å²) in [5, 5.41) is 0. The fourth-order valence-electron chi connectivity index (χ4n) is 3.08. The second kappa shape index (κ2) is 4.77. The van der Waals surface area contributed by atoms with E-state index in [4.69, 9.17) is 4.74 Å². The van der Waals surface area contributed by atoms with Crippen LogP contribution < -0.4 is 0 Å². The fraction of sp³-hybridized carbons (Fsp3) is 0.222. The minimum atomic E-state index is 0.166. The minimum Gasteiger partial charge on any atom is -0.364 e. The molecule has 0 radical (unpaired) electrons. The standard InChI is InChI=1S/C18H13BrO/c19-14-9-6-12(7-10-14)5-8-13-11-17-15-3-1-2-4-16(15)18(13)20-17/h1-4,6-7,9-10,13,17-18H,11H2/t13?,17-,18+/m1/s1. The Morgan fingerprint density at radius 1 is 1.00 bits per heavy atom. The maximum absolute atomic E-state index is 6.05. The lowest BCUT2D eigenvalue weighted by atomic mass is 9.84. The topological polar surface area (TPSA) is 9.23 Å². The van der Waals surface area contributed by atoms with E-state index >= 15 is 0 Å². The number of benzene rings is 2. The summed E-state index contributed by atoms with van der Waals surface area (Å²) in [6, 6.07) is 16.7. The zero-order valence-electron chi connectivity index (χ0n) is 10.8. The largest absolute Gasteiger partial charge is 0.364 e. The normalized spacial score (nSPS) is 25.9. The van der Waals surface area contributed by atoms with Crippen LogP contribution in [-0.2, 0) is 4.74 Å². The van der Waals surface area contributed by atoms with Gasteiger partial charge in [-0.2, -0.15) is 0 Å². The van der Waals surface area contributed by atoms with Gasteiger partial charge in [-0.05, 0) is 41.8 Å². The maximum atomic E-state index is 6.05. The lowest BCUT2D eigenvalue weighted by Gasteiger charge is -2.16. The van der Waals surface area contributed by atoms with Gasteiger partial charge in [0.05, 0.1) is 18.1 Å². The highest BCUT2D eigenvalue weighted by atomic mass is 79.9. The van der Waals surface area contributed by atoms with E-state index < -0.39 is 0 Å². The molecule has 1 saturated heterocycles. The van der Waals surface area contributed by atoms with Crippen LogP contribution in [0.2, 0.25) is 0 Å². The van der Waals surface area contributed by atoms with Gasteiger partial charge in [-0.25, -0.2) is 0 Å². The van der Waals surface area contributed by atoms with Crippen LogP contribution in [-0.4, -0.2) is 0 Å². The van der Waals surface area contributed by atoms with E-state index in [0.717, 1.165) is 16.5 Å². The lowest BCUT2D eigenvalue weighted by Crippen LogP contribution is -2.08. The van der Waals surface area contributed by atoms with Gasteiger partial charge >= 0.3 is 0 Å². The zero-order chi connectivity index (χ0) is 13.5. The Labute approximate surface area is 127 Å². The molecule has 2 heterocycles. The maximum Gasteiger partial charge on any atom is 0.0975 e. The predicted molar refractivity (Wildman–Crippen MR) is 82.1 cm³/mol. The minimum absolute atomic E-state index is 0.166. The second-order valence-electron chi connectivity index (χ2n) is 5.29. The number of halogens is 1. The van der Waals surface area contributed by atoms with Crippen molar-refractivity contribution < 1.29 is 4.74 Å². The summed E-state index contributed by atoms with van der Waals surface area (Å²) < 4.78 is 7.14. The van der Waals surface area contributed by atoms with E-state index in [1.807, 2.05) is 24.3 Å². The third kappa shape index (κ3) is 1.98. The summed E-state index contributed by atoms with van der Waals surface area (Å²) >= 11 is 3.44. The molecule has 0 N–H and O–H groups in total. The van der Waals surface area contributed by atoms with E-state index in [9.17, 15) is 0 Å². The van der Waals surface area contributed by atoms with Gasteiger partial charge < -0.3 is 4.74 Å². The van der Waals surface area contributed by atoms with Gasteiger partial charge in [-0.3, -0.25) is 0 Å². The first kappa shape index (κ1) is 12.2.